The number of benzene rings is 1. The van der Waals surface area contributed by atoms with Crippen molar-refractivity contribution in [3.8, 4) is 11.4 Å². The molecule has 3 rings (SSSR count). The van der Waals surface area contributed by atoms with E-state index in [2.05, 4.69) is 10.1 Å². The van der Waals surface area contributed by atoms with Crippen LogP contribution in [0.1, 0.15) is 30.4 Å². The molecule has 0 bridgehead atoms. The van der Waals surface area contributed by atoms with E-state index in [1.807, 2.05) is 13.0 Å². The van der Waals surface area contributed by atoms with Crippen molar-refractivity contribution < 1.29 is 13.7 Å². The van der Waals surface area contributed by atoms with Crippen LogP contribution >= 0.6 is 0 Å². The fraction of sp³-hybridized carbons (Fsp3) is 0.385. The van der Waals surface area contributed by atoms with Crippen LogP contribution in [0.4, 0.5) is 4.39 Å². The highest BCUT2D eigenvalue weighted by atomic mass is 19.1. The van der Waals surface area contributed by atoms with Crippen molar-refractivity contribution in [1.82, 2.24) is 10.1 Å². The Morgan fingerprint density at radius 3 is 2.94 bits per heavy atom. The molecular formula is C13H13FN2O2. The van der Waals surface area contributed by atoms with Crippen LogP contribution in [0, 0.1) is 12.7 Å². The summed E-state index contributed by atoms with van der Waals surface area (Å²) in [5.74, 6) is 0.584. The number of halogens is 1. The SMILES string of the molecule is Cc1cc(F)cc(-c2noc(C3CCCO3)n2)c1. The Hall–Kier alpha value is -1.75. The van der Waals surface area contributed by atoms with E-state index in [-0.39, 0.29) is 11.9 Å². The third-order valence-corrected chi connectivity index (χ3v) is 2.95. The van der Waals surface area contributed by atoms with Crippen molar-refractivity contribution in [1.29, 1.82) is 0 Å². The first kappa shape index (κ1) is 11.3. The highest BCUT2D eigenvalue weighted by Crippen LogP contribution is 2.29. The number of hydrogen-bond acceptors (Lipinski definition) is 4. The lowest BCUT2D eigenvalue weighted by Crippen LogP contribution is -1.95. The van der Waals surface area contributed by atoms with Gasteiger partial charge in [-0.25, -0.2) is 4.39 Å². The third kappa shape index (κ3) is 2.13. The predicted octanol–water partition coefficient (Wildman–Crippen LogP) is 3.04. The number of nitrogens with zero attached hydrogens (tertiary/aromatic N) is 2. The van der Waals surface area contributed by atoms with Crippen LogP contribution in [0.5, 0.6) is 0 Å². The van der Waals surface area contributed by atoms with Crippen molar-refractivity contribution in [2.24, 2.45) is 0 Å². The molecule has 5 heteroatoms. The first-order valence-electron chi connectivity index (χ1n) is 5.95. The molecule has 0 amide bonds. The Kier molecular flexibility index (Phi) is 2.83. The Morgan fingerprint density at radius 1 is 1.33 bits per heavy atom. The molecular weight excluding hydrogens is 235 g/mol. The number of aromatic nitrogens is 2. The normalized spacial score (nSPS) is 19.3. The lowest BCUT2D eigenvalue weighted by atomic mass is 10.1. The van der Waals surface area contributed by atoms with E-state index in [0.717, 1.165) is 25.0 Å². The fourth-order valence-corrected chi connectivity index (χ4v) is 2.12. The van der Waals surface area contributed by atoms with Crippen molar-refractivity contribution in [3.63, 3.8) is 0 Å². The summed E-state index contributed by atoms with van der Waals surface area (Å²) in [5, 5.41) is 3.88. The molecule has 1 aliphatic heterocycles. The lowest BCUT2D eigenvalue weighted by Gasteiger charge is -2.00. The maximum atomic E-state index is 13.3. The molecule has 4 nitrogen and oxygen atoms in total. The topological polar surface area (TPSA) is 48.2 Å². The molecule has 1 aromatic carbocycles. The van der Waals surface area contributed by atoms with Crippen LogP contribution in [0.25, 0.3) is 11.4 Å². The van der Waals surface area contributed by atoms with Gasteiger partial charge in [-0.2, -0.15) is 4.98 Å². The summed E-state index contributed by atoms with van der Waals surface area (Å²) in [6.45, 7) is 2.55. The molecule has 18 heavy (non-hydrogen) atoms. The van der Waals surface area contributed by atoms with E-state index in [1.165, 1.54) is 12.1 Å². The smallest absolute Gasteiger partial charge is 0.256 e. The molecule has 1 atom stereocenters. The maximum absolute atomic E-state index is 13.3. The Labute approximate surface area is 104 Å². The molecule has 1 unspecified atom stereocenters. The maximum Gasteiger partial charge on any atom is 0.256 e. The number of aryl methyl sites for hydroxylation is 1. The van der Waals surface area contributed by atoms with Gasteiger partial charge in [0, 0.05) is 12.2 Å². The van der Waals surface area contributed by atoms with Crippen LogP contribution in [0.3, 0.4) is 0 Å². The van der Waals surface area contributed by atoms with Crippen molar-refractivity contribution in [2.75, 3.05) is 6.61 Å². The second-order valence-electron chi connectivity index (χ2n) is 4.48. The summed E-state index contributed by atoms with van der Waals surface area (Å²) in [5.41, 5.74) is 1.45. The number of rotatable bonds is 2. The Morgan fingerprint density at radius 2 is 2.22 bits per heavy atom. The summed E-state index contributed by atoms with van der Waals surface area (Å²) < 4.78 is 23.9. The number of ether oxygens (including phenoxy) is 1. The van der Waals surface area contributed by atoms with Gasteiger partial charge in [-0.05, 0) is 43.5 Å². The molecule has 1 aromatic heterocycles. The largest absolute Gasteiger partial charge is 0.368 e. The van der Waals surface area contributed by atoms with Crippen molar-refractivity contribution >= 4 is 0 Å². The van der Waals surface area contributed by atoms with Crippen LogP contribution in [0.2, 0.25) is 0 Å². The van der Waals surface area contributed by atoms with E-state index in [0.29, 0.717) is 17.3 Å². The van der Waals surface area contributed by atoms with Crippen LogP contribution in [-0.4, -0.2) is 16.7 Å². The highest BCUT2D eigenvalue weighted by molar-refractivity contribution is 5.55. The van der Waals surface area contributed by atoms with Crippen molar-refractivity contribution in [3.05, 3.63) is 35.5 Å². The molecule has 0 aliphatic carbocycles. The molecule has 1 fully saturated rings. The molecule has 94 valence electrons. The van der Waals surface area contributed by atoms with E-state index in [9.17, 15) is 4.39 Å². The number of hydrogen-bond donors (Lipinski definition) is 0. The third-order valence-electron chi connectivity index (χ3n) is 2.95. The standard InChI is InChI=1S/C13H13FN2O2/c1-8-5-9(7-10(14)6-8)12-15-13(18-16-12)11-3-2-4-17-11/h5-7,11H,2-4H2,1H3. The van der Waals surface area contributed by atoms with Crippen molar-refractivity contribution in [2.45, 2.75) is 25.9 Å². The molecule has 2 aromatic rings. The summed E-state index contributed by atoms with van der Waals surface area (Å²) in [6, 6.07) is 4.69. The van der Waals surface area contributed by atoms with E-state index < -0.39 is 0 Å². The van der Waals surface area contributed by atoms with Gasteiger partial charge in [0.05, 0.1) is 0 Å². The van der Waals surface area contributed by atoms with Gasteiger partial charge in [0.15, 0.2) is 0 Å². The molecule has 0 radical (unpaired) electrons. The minimum absolute atomic E-state index is 0.110. The molecule has 0 saturated carbocycles. The van der Waals surface area contributed by atoms with E-state index in [1.54, 1.807) is 0 Å². The van der Waals surface area contributed by atoms with Gasteiger partial charge in [-0.1, -0.05) is 5.16 Å². The van der Waals surface area contributed by atoms with Gasteiger partial charge in [-0.15, -0.1) is 0 Å². The minimum atomic E-state index is -0.298. The van der Waals surface area contributed by atoms with Gasteiger partial charge in [0.25, 0.3) is 5.89 Å². The first-order chi connectivity index (χ1) is 8.72. The minimum Gasteiger partial charge on any atom is -0.368 e. The van der Waals surface area contributed by atoms with Crippen LogP contribution in [-0.2, 0) is 4.74 Å². The summed E-state index contributed by atoms with van der Waals surface area (Å²) in [4.78, 5) is 4.28. The second-order valence-corrected chi connectivity index (χ2v) is 4.48. The molecule has 0 spiro atoms. The van der Waals surface area contributed by atoms with Gasteiger partial charge < -0.3 is 9.26 Å². The van der Waals surface area contributed by atoms with Gasteiger partial charge in [0.1, 0.15) is 11.9 Å². The summed E-state index contributed by atoms with van der Waals surface area (Å²) >= 11 is 0. The van der Waals surface area contributed by atoms with Gasteiger partial charge in [-0.3, -0.25) is 0 Å². The molecule has 2 heterocycles. The zero-order valence-electron chi connectivity index (χ0n) is 10.0. The highest BCUT2D eigenvalue weighted by Gasteiger charge is 2.24. The van der Waals surface area contributed by atoms with E-state index >= 15 is 0 Å². The van der Waals surface area contributed by atoms with Crippen LogP contribution < -0.4 is 0 Å². The average molecular weight is 248 g/mol. The van der Waals surface area contributed by atoms with Gasteiger partial charge in [0.2, 0.25) is 5.82 Å². The quantitative estimate of drug-likeness (QED) is 0.819. The first-order valence-corrected chi connectivity index (χ1v) is 5.95. The van der Waals surface area contributed by atoms with Crippen LogP contribution in [0.15, 0.2) is 22.7 Å². The fourth-order valence-electron chi connectivity index (χ4n) is 2.12. The lowest BCUT2D eigenvalue weighted by molar-refractivity contribution is 0.0835. The molecule has 1 saturated heterocycles. The zero-order chi connectivity index (χ0) is 12.5. The predicted molar refractivity (Wildman–Crippen MR) is 62.4 cm³/mol. The summed E-state index contributed by atoms with van der Waals surface area (Å²) in [6.07, 6.45) is 1.78. The molecule has 0 N–H and O–H groups in total. The van der Waals surface area contributed by atoms with E-state index in [4.69, 9.17) is 9.26 Å². The van der Waals surface area contributed by atoms with Gasteiger partial charge >= 0.3 is 0 Å². The summed E-state index contributed by atoms with van der Waals surface area (Å²) in [7, 11) is 0. The average Bonchev–Trinajstić information content (AvgIpc) is 2.99. The monoisotopic (exact) mass is 248 g/mol. The Balaban J connectivity index is 1.92. The Bertz CT molecular complexity index is 542. The second kappa shape index (κ2) is 4.49. The molecule has 1 aliphatic rings. The zero-order valence-corrected chi connectivity index (χ0v) is 10.0.